The minimum Gasteiger partial charge on any atom is -0.448 e. The van der Waals surface area contributed by atoms with Crippen molar-refractivity contribution in [1.82, 2.24) is 34.0 Å². The van der Waals surface area contributed by atoms with Crippen LogP contribution in [0.25, 0.3) is 22.0 Å². The van der Waals surface area contributed by atoms with Crippen LogP contribution in [0.4, 0.5) is 4.79 Å². The SMILES string of the molecule is O=C1OCCN1CC1CN(S(=O)(=O)c2cc3cc(Cl)ccc3[nH]2)CCN1C(=O)c1ncc(-c2ccncc2)cn1. The summed E-state index contributed by atoms with van der Waals surface area (Å²) in [7, 11) is -3.94. The number of benzene rings is 1. The number of cyclic esters (lactones) is 1. The minimum absolute atomic E-state index is 0.0180. The van der Waals surface area contributed by atoms with Crippen molar-refractivity contribution >= 4 is 44.5 Å². The van der Waals surface area contributed by atoms with Crippen LogP contribution >= 0.6 is 11.6 Å². The summed E-state index contributed by atoms with van der Waals surface area (Å²) in [6.07, 6.45) is 5.93. The topological polar surface area (TPSA) is 142 Å². The number of fused-ring (bicyclic) bond motifs is 1. The smallest absolute Gasteiger partial charge is 0.410 e. The van der Waals surface area contributed by atoms with E-state index < -0.39 is 28.1 Å². The fourth-order valence-electron chi connectivity index (χ4n) is 4.93. The number of sulfonamides is 1. The highest BCUT2D eigenvalue weighted by Gasteiger charge is 2.40. The van der Waals surface area contributed by atoms with E-state index in [4.69, 9.17) is 16.3 Å². The molecule has 0 saturated carbocycles. The highest BCUT2D eigenvalue weighted by atomic mass is 35.5. The predicted octanol–water partition coefficient (Wildman–Crippen LogP) is 2.64. The highest BCUT2D eigenvalue weighted by molar-refractivity contribution is 7.89. The Morgan fingerprint density at radius 3 is 2.55 bits per heavy atom. The number of hydrogen-bond acceptors (Lipinski definition) is 8. The molecule has 2 aliphatic rings. The Bertz CT molecular complexity index is 1680. The van der Waals surface area contributed by atoms with E-state index in [1.807, 2.05) is 12.1 Å². The summed E-state index contributed by atoms with van der Waals surface area (Å²) in [4.78, 5) is 44.3. The van der Waals surface area contributed by atoms with Gasteiger partial charge in [-0.15, -0.1) is 0 Å². The molecule has 6 rings (SSSR count). The number of rotatable bonds is 6. The maximum atomic E-state index is 13.6. The first-order valence-corrected chi connectivity index (χ1v) is 14.3. The van der Waals surface area contributed by atoms with Gasteiger partial charge < -0.3 is 19.5 Å². The van der Waals surface area contributed by atoms with Crippen molar-refractivity contribution in [2.24, 2.45) is 0 Å². The Morgan fingerprint density at radius 1 is 1.05 bits per heavy atom. The molecule has 0 spiro atoms. The monoisotopic (exact) mass is 581 g/mol. The van der Waals surface area contributed by atoms with Crippen molar-refractivity contribution in [1.29, 1.82) is 0 Å². The van der Waals surface area contributed by atoms with E-state index in [0.29, 0.717) is 22.5 Å². The quantitative estimate of drug-likeness (QED) is 0.366. The lowest BCUT2D eigenvalue weighted by Gasteiger charge is -2.41. The van der Waals surface area contributed by atoms with Gasteiger partial charge in [0.2, 0.25) is 5.82 Å². The molecular weight excluding hydrogens is 558 g/mol. The predicted molar refractivity (Wildman–Crippen MR) is 145 cm³/mol. The van der Waals surface area contributed by atoms with E-state index in [-0.39, 0.29) is 43.6 Å². The van der Waals surface area contributed by atoms with Gasteiger partial charge in [0.05, 0.1) is 12.6 Å². The molecule has 0 radical (unpaired) electrons. The number of H-pyrrole nitrogens is 1. The van der Waals surface area contributed by atoms with Crippen LogP contribution < -0.4 is 0 Å². The molecule has 2 fully saturated rings. The van der Waals surface area contributed by atoms with E-state index in [1.165, 1.54) is 14.1 Å². The van der Waals surface area contributed by atoms with E-state index in [1.54, 1.807) is 49.1 Å². The lowest BCUT2D eigenvalue weighted by atomic mass is 10.1. The third-order valence-corrected chi connectivity index (χ3v) is 9.04. The van der Waals surface area contributed by atoms with Gasteiger partial charge in [-0.3, -0.25) is 9.78 Å². The normalized spacial score (nSPS) is 18.3. The summed E-state index contributed by atoms with van der Waals surface area (Å²) in [5, 5.41) is 1.19. The average molecular weight is 582 g/mol. The Hall–Kier alpha value is -4.07. The molecule has 3 aromatic heterocycles. The van der Waals surface area contributed by atoms with Crippen LogP contribution in [-0.2, 0) is 14.8 Å². The molecule has 2 saturated heterocycles. The number of piperazine rings is 1. The van der Waals surface area contributed by atoms with E-state index >= 15 is 0 Å². The first-order chi connectivity index (χ1) is 19.3. The average Bonchev–Trinajstić information content (AvgIpc) is 3.59. The number of carbonyl (C=O) groups excluding carboxylic acids is 2. The van der Waals surface area contributed by atoms with Gasteiger partial charge in [0.15, 0.2) is 0 Å². The van der Waals surface area contributed by atoms with Crippen LogP contribution in [0, 0.1) is 0 Å². The number of nitrogens with one attached hydrogen (secondary N) is 1. The first kappa shape index (κ1) is 26.2. The minimum atomic E-state index is -3.94. The van der Waals surface area contributed by atoms with Crippen molar-refractivity contribution < 1.29 is 22.7 Å². The van der Waals surface area contributed by atoms with Crippen LogP contribution in [0.3, 0.4) is 0 Å². The molecule has 1 unspecified atom stereocenters. The fraction of sp³-hybridized carbons (Fsp3) is 0.269. The number of aromatic nitrogens is 4. The van der Waals surface area contributed by atoms with Gasteiger partial charge in [0.1, 0.15) is 11.6 Å². The second kappa shape index (κ2) is 10.5. The maximum absolute atomic E-state index is 13.6. The number of hydrogen-bond donors (Lipinski definition) is 1. The van der Waals surface area contributed by atoms with Gasteiger partial charge in [0.25, 0.3) is 15.9 Å². The van der Waals surface area contributed by atoms with Crippen molar-refractivity contribution in [2.45, 2.75) is 11.1 Å². The van der Waals surface area contributed by atoms with E-state index in [0.717, 1.165) is 11.1 Å². The van der Waals surface area contributed by atoms with Crippen molar-refractivity contribution in [3.8, 4) is 11.1 Å². The van der Waals surface area contributed by atoms with Crippen molar-refractivity contribution in [3.63, 3.8) is 0 Å². The summed E-state index contributed by atoms with van der Waals surface area (Å²) in [6.45, 7) is 0.813. The number of ether oxygens (including phenoxy) is 1. The van der Waals surface area contributed by atoms with E-state index in [9.17, 15) is 18.0 Å². The largest absolute Gasteiger partial charge is 0.448 e. The molecule has 2 aliphatic heterocycles. The molecule has 0 aliphatic carbocycles. The van der Waals surface area contributed by atoms with Crippen molar-refractivity contribution in [3.05, 3.63) is 72.0 Å². The molecule has 1 aromatic carbocycles. The lowest BCUT2D eigenvalue weighted by Crippen LogP contribution is -2.60. The molecule has 12 nitrogen and oxygen atoms in total. The third kappa shape index (κ3) is 4.98. The first-order valence-electron chi connectivity index (χ1n) is 12.5. The molecule has 0 bridgehead atoms. The lowest BCUT2D eigenvalue weighted by molar-refractivity contribution is 0.0501. The van der Waals surface area contributed by atoms with Gasteiger partial charge in [-0.05, 0) is 42.0 Å². The van der Waals surface area contributed by atoms with E-state index in [2.05, 4.69) is 19.9 Å². The van der Waals surface area contributed by atoms with Gasteiger partial charge in [-0.1, -0.05) is 11.6 Å². The summed E-state index contributed by atoms with van der Waals surface area (Å²) in [5.41, 5.74) is 2.23. The molecule has 14 heteroatoms. The fourth-order valence-corrected chi connectivity index (χ4v) is 6.59. The number of amides is 2. The number of carbonyl (C=O) groups is 2. The molecule has 1 N–H and O–H groups in total. The summed E-state index contributed by atoms with van der Waals surface area (Å²) < 4.78 is 33.6. The van der Waals surface area contributed by atoms with Gasteiger partial charge >= 0.3 is 6.09 Å². The summed E-state index contributed by atoms with van der Waals surface area (Å²) in [6, 6.07) is 9.60. The van der Waals surface area contributed by atoms with Crippen molar-refractivity contribution in [2.75, 3.05) is 39.3 Å². The summed E-state index contributed by atoms with van der Waals surface area (Å²) in [5.74, 6) is -0.466. The van der Waals surface area contributed by atoms with Crippen LogP contribution in [0.15, 0.2) is 66.2 Å². The summed E-state index contributed by atoms with van der Waals surface area (Å²) >= 11 is 6.07. The second-order valence-electron chi connectivity index (χ2n) is 9.47. The zero-order valence-corrected chi connectivity index (χ0v) is 22.7. The zero-order chi connectivity index (χ0) is 27.9. The Balaban J connectivity index is 1.26. The number of aromatic amines is 1. The Labute approximate surface area is 234 Å². The van der Waals surface area contributed by atoms with Gasteiger partial charge in [0, 0.05) is 72.5 Å². The molecule has 5 heterocycles. The third-order valence-electron chi connectivity index (χ3n) is 7.02. The molecular formula is C26H24ClN7O5S. The Morgan fingerprint density at radius 2 is 1.82 bits per heavy atom. The molecule has 4 aromatic rings. The van der Waals surface area contributed by atoms with Crippen LogP contribution in [0.5, 0.6) is 0 Å². The second-order valence-corrected chi connectivity index (χ2v) is 11.8. The zero-order valence-electron chi connectivity index (χ0n) is 21.1. The molecule has 1 atom stereocenters. The molecule has 206 valence electrons. The van der Waals surface area contributed by atoms with Gasteiger partial charge in [-0.25, -0.2) is 23.2 Å². The number of halogens is 1. The maximum Gasteiger partial charge on any atom is 0.410 e. The van der Waals surface area contributed by atoms with Crippen LogP contribution in [0.1, 0.15) is 10.6 Å². The van der Waals surface area contributed by atoms with Gasteiger partial charge in [-0.2, -0.15) is 4.31 Å². The van der Waals surface area contributed by atoms with Crippen LogP contribution in [0.2, 0.25) is 5.02 Å². The molecule has 2 amide bonds. The number of pyridine rings is 1. The number of nitrogens with zero attached hydrogens (tertiary/aromatic N) is 6. The standard InChI is InChI=1S/C26H24ClN7O5S/c27-20-1-2-22-18(11-20)12-23(31-22)40(37,38)33-7-8-34(21(16-33)15-32-9-10-39-26(32)36)25(35)24-29-13-19(14-30-24)17-3-5-28-6-4-17/h1-6,11-14,21,31H,7-10,15-16H2. The Kier molecular flexibility index (Phi) is 6.86. The highest BCUT2D eigenvalue weighted by Crippen LogP contribution is 2.27. The molecule has 40 heavy (non-hydrogen) atoms. The van der Waals surface area contributed by atoms with Crippen LogP contribution in [-0.4, -0.2) is 99.8 Å².